The van der Waals surface area contributed by atoms with Gasteiger partial charge in [-0.05, 0) is 24.6 Å². The third-order valence-corrected chi connectivity index (χ3v) is 5.57. The van der Waals surface area contributed by atoms with Gasteiger partial charge < -0.3 is 10.1 Å². The fourth-order valence-electron chi connectivity index (χ4n) is 2.78. The van der Waals surface area contributed by atoms with Gasteiger partial charge in [0.15, 0.2) is 0 Å². The normalized spacial score (nSPS) is 12.1. The third-order valence-electron chi connectivity index (χ3n) is 4.07. The standard InChI is InChI=1S/C18H20ClN3O6S/c1-4-15(18(23)20-14-8-6-5-7-13(14)19)21(29(3,26)27)16-11-12(22(24)25)9-10-17(16)28-2/h5-11,15H,4H2,1-3H3,(H,20,23)/t15-/m0/s1. The molecule has 0 radical (unpaired) electrons. The number of carbonyl (C=O) groups is 1. The Bertz CT molecular complexity index is 1030. The molecule has 0 aliphatic heterocycles. The van der Waals surface area contributed by atoms with Crippen LogP contribution in [0.5, 0.6) is 5.75 Å². The molecule has 29 heavy (non-hydrogen) atoms. The van der Waals surface area contributed by atoms with Gasteiger partial charge in [0.2, 0.25) is 15.9 Å². The van der Waals surface area contributed by atoms with Crippen LogP contribution in [0.1, 0.15) is 13.3 Å². The van der Waals surface area contributed by atoms with Crippen LogP contribution in [0.4, 0.5) is 17.1 Å². The van der Waals surface area contributed by atoms with E-state index in [1.807, 2.05) is 0 Å². The zero-order valence-corrected chi connectivity index (χ0v) is 17.5. The summed E-state index contributed by atoms with van der Waals surface area (Å²) in [7, 11) is -2.71. The number of ether oxygens (including phenoxy) is 1. The van der Waals surface area contributed by atoms with Gasteiger partial charge in [0.1, 0.15) is 17.5 Å². The summed E-state index contributed by atoms with van der Waals surface area (Å²) < 4.78 is 31.2. The molecule has 2 aromatic carbocycles. The van der Waals surface area contributed by atoms with Crippen LogP contribution in [0.3, 0.4) is 0 Å². The number of carbonyl (C=O) groups excluding carboxylic acids is 1. The summed E-state index contributed by atoms with van der Waals surface area (Å²) in [5, 5.41) is 14.1. The van der Waals surface area contributed by atoms with Crippen LogP contribution in [-0.4, -0.2) is 38.7 Å². The predicted octanol–water partition coefficient (Wildman–Crippen LogP) is 3.44. The molecular formula is C18H20ClN3O6S. The third kappa shape index (κ3) is 5.15. The van der Waals surface area contributed by atoms with Crippen LogP contribution >= 0.6 is 11.6 Å². The number of non-ortho nitro benzene ring substituents is 1. The molecule has 0 spiro atoms. The number of nitro benzene ring substituents is 1. The molecule has 0 bridgehead atoms. The Morgan fingerprint density at radius 1 is 1.31 bits per heavy atom. The molecule has 0 fully saturated rings. The molecule has 2 aromatic rings. The van der Waals surface area contributed by atoms with Crippen molar-refractivity contribution in [2.24, 2.45) is 0 Å². The topological polar surface area (TPSA) is 119 Å². The van der Waals surface area contributed by atoms with E-state index in [1.165, 1.54) is 19.2 Å². The number of benzene rings is 2. The number of para-hydroxylation sites is 1. The minimum atomic E-state index is -4.01. The summed E-state index contributed by atoms with van der Waals surface area (Å²) in [6, 6.07) is 8.84. The van der Waals surface area contributed by atoms with Crippen LogP contribution in [0.2, 0.25) is 5.02 Å². The molecule has 1 amide bonds. The average Bonchev–Trinajstić information content (AvgIpc) is 2.66. The highest BCUT2D eigenvalue weighted by Gasteiger charge is 2.34. The quantitative estimate of drug-likeness (QED) is 0.495. The molecule has 0 aliphatic carbocycles. The highest BCUT2D eigenvalue weighted by Crippen LogP contribution is 2.36. The van der Waals surface area contributed by atoms with Crippen molar-refractivity contribution >= 4 is 44.6 Å². The van der Waals surface area contributed by atoms with Gasteiger partial charge in [-0.3, -0.25) is 19.2 Å². The number of methoxy groups -OCH3 is 1. The number of nitro groups is 1. The first-order chi connectivity index (χ1) is 13.6. The molecule has 0 heterocycles. The Labute approximate surface area is 173 Å². The lowest BCUT2D eigenvalue weighted by Crippen LogP contribution is -2.47. The highest BCUT2D eigenvalue weighted by atomic mass is 35.5. The van der Waals surface area contributed by atoms with Gasteiger partial charge in [-0.1, -0.05) is 30.7 Å². The van der Waals surface area contributed by atoms with E-state index < -0.39 is 26.9 Å². The second-order valence-corrected chi connectivity index (χ2v) is 8.33. The summed E-state index contributed by atoms with van der Waals surface area (Å²) in [5.41, 5.74) is -0.127. The van der Waals surface area contributed by atoms with Gasteiger partial charge >= 0.3 is 0 Å². The van der Waals surface area contributed by atoms with Crippen LogP contribution in [0.25, 0.3) is 0 Å². The van der Waals surface area contributed by atoms with Crippen LogP contribution in [-0.2, 0) is 14.8 Å². The summed E-state index contributed by atoms with van der Waals surface area (Å²) in [5.74, 6) is -0.565. The number of rotatable bonds is 8. The number of amides is 1. The SMILES string of the molecule is CC[C@@H](C(=O)Nc1ccccc1Cl)N(c1cc([N+](=O)[O-])ccc1OC)S(C)(=O)=O. The van der Waals surface area contributed by atoms with E-state index in [4.69, 9.17) is 16.3 Å². The Morgan fingerprint density at radius 3 is 2.48 bits per heavy atom. The summed E-state index contributed by atoms with van der Waals surface area (Å²) in [4.78, 5) is 23.4. The van der Waals surface area contributed by atoms with Crippen molar-refractivity contribution in [2.45, 2.75) is 19.4 Å². The number of hydrogen-bond donors (Lipinski definition) is 1. The van der Waals surface area contributed by atoms with Crippen molar-refractivity contribution in [1.82, 2.24) is 0 Å². The second-order valence-electron chi connectivity index (χ2n) is 6.07. The molecule has 0 aromatic heterocycles. The average molecular weight is 442 g/mol. The molecule has 156 valence electrons. The molecule has 1 atom stereocenters. The fraction of sp³-hybridized carbons (Fsp3) is 0.278. The molecule has 1 N–H and O–H groups in total. The Kier molecular flexibility index (Phi) is 7.04. The largest absolute Gasteiger partial charge is 0.495 e. The lowest BCUT2D eigenvalue weighted by atomic mass is 10.1. The number of anilines is 2. The van der Waals surface area contributed by atoms with E-state index in [0.29, 0.717) is 5.69 Å². The minimum absolute atomic E-state index is 0.0741. The van der Waals surface area contributed by atoms with E-state index in [0.717, 1.165) is 16.6 Å². The minimum Gasteiger partial charge on any atom is -0.495 e. The molecule has 0 saturated heterocycles. The van der Waals surface area contributed by atoms with Gasteiger partial charge in [0.05, 0.1) is 29.0 Å². The Hall–Kier alpha value is -2.85. The van der Waals surface area contributed by atoms with E-state index >= 15 is 0 Å². The van der Waals surface area contributed by atoms with Gasteiger partial charge in [0.25, 0.3) is 5.69 Å². The maximum absolute atomic E-state index is 12.9. The lowest BCUT2D eigenvalue weighted by molar-refractivity contribution is -0.384. The van der Waals surface area contributed by atoms with E-state index in [-0.39, 0.29) is 28.6 Å². The molecular weight excluding hydrogens is 422 g/mol. The van der Waals surface area contributed by atoms with E-state index in [9.17, 15) is 23.3 Å². The molecule has 2 rings (SSSR count). The highest BCUT2D eigenvalue weighted by molar-refractivity contribution is 7.92. The number of halogens is 1. The fourth-order valence-corrected chi connectivity index (χ4v) is 4.17. The van der Waals surface area contributed by atoms with Gasteiger partial charge in [-0.2, -0.15) is 0 Å². The van der Waals surface area contributed by atoms with E-state index in [1.54, 1.807) is 31.2 Å². The molecule has 11 heteroatoms. The first-order valence-corrected chi connectivity index (χ1v) is 10.7. The number of nitrogens with one attached hydrogen (secondary N) is 1. The van der Waals surface area contributed by atoms with E-state index in [2.05, 4.69) is 5.32 Å². The first kappa shape index (κ1) is 22.4. The summed E-state index contributed by atoms with van der Waals surface area (Å²) in [6.45, 7) is 1.62. The summed E-state index contributed by atoms with van der Waals surface area (Å²) >= 11 is 6.06. The molecule has 9 nitrogen and oxygen atoms in total. The number of hydrogen-bond acceptors (Lipinski definition) is 6. The van der Waals surface area contributed by atoms with Gasteiger partial charge in [-0.25, -0.2) is 8.42 Å². The van der Waals surface area contributed by atoms with Crippen molar-refractivity contribution in [2.75, 3.05) is 23.0 Å². The molecule has 0 unspecified atom stereocenters. The van der Waals surface area contributed by atoms with Crippen LogP contribution in [0.15, 0.2) is 42.5 Å². The van der Waals surface area contributed by atoms with Crippen molar-refractivity contribution in [3.05, 3.63) is 57.6 Å². The predicted molar refractivity (Wildman–Crippen MR) is 111 cm³/mol. The Balaban J connectivity index is 2.56. The van der Waals surface area contributed by atoms with Crippen molar-refractivity contribution in [1.29, 1.82) is 0 Å². The maximum atomic E-state index is 12.9. The monoisotopic (exact) mass is 441 g/mol. The number of sulfonamides is 1. The van der Waals surface area contributed by atoms with Gasteiger partial charge in [-0.15, -0.1) is 0 Å². The smallest absolute Gasteiger partial charge is 0.271 e. The Morgan fingerprint density at radius 2 is 1.97 bits per heavy atom. The van der Waals surface area contributed by atoms with Gasteiger partial charge in [0, 0.05) is 12.1 Å². The first-order valence-electron chi connectivity index (χ1n) is 8.47. The zero-order chi connectivity index (χ0) is 21.8. The summed E-state index contributed by atoms with van der Waals surface area (Å²) in [6.07, 6.45) is 1.01. The zero-order valence-electron chi connectivity index (χ0n) is 16.0. The second kappa shape index (κ2) is 9.10. The number of nitrogens with zero attached hydrogens (tertiary/aromatic N) is 2. The van der Waals surface area contributed by atoms with Crippen molar-refractivity contribution in [3.63, 3.8) is 0 Å². The maximum Gasteiger partial charge on any atom is 0.271 e. The lowest BCUT2D eigenvalue weighted by Gasteiger charge is -2.31. The van der Waals surface area contributed by atoms with Crippen LogP contribution in [0, 0.1) is 10.1 Å². The molecule has 0 saturated carbocycles. The van der Waals surface area contributed by atoms with Crippen molar-refractivity contribution < 1.29 is 22.9 Å². The van der Waals surface area contributed by atoms with Crippen LogP contribution < -0.4 is 14.4 Å². The molecule has 0 aliphatic rings. The van der Waals surface area contributed by atoms with Crippen molar-refractivity contribution in [3.8, 4) is 5.75 Å².